The lowest BCUT2D eigenvalue weighted by molar-refractivity contribution is -0.148. The smallest absolute Gasteiger partial charge is 0.264 e. The molecule has 3 aliphatic carbocycles. The van der Waals surface area contributed by atoms with E-state index in [0.29, 0.717) is 33.7 Å². The Hall–Kier alpha value is -3.40. The second-order valence-corrected chi connectivity index (χ2v) is 11.0. The van der Waals surface area contributed by atoms with E-state index in [1.54, 1.807) is 49.7 Å². The molecule has 0 saturated heterocycles. The summed E-state index contributed by atoms with van der Waals surface area (Å²) in [5.74, 6) is 0.880. The predicted molar refractivity (Wildman–Crippen MR) is 140 cm³/mol. The SMILES string of the molecule is Cc1nc(N[C@H](O)c2cccc(C(F)F)c2C)c2cn(C34CCC(C(=O)N(C)C)(CC3)CC4)c(=O)cc2n1. The van der Waals surface area contributed by atoms with Crippen LogP contribution in [0.1, 0.15) is 73.7 Å². The molecular weight excluding hydrogens is 492 g/mol. The minimum Gasteiger partial charge on any atom is -0.369 e. The monoisotopic (exact) mass is 525 g/mol. The lowest BCUT2D eigenvalue weighted by Gasteiger charge is -2.53. The Morgan fingerprint density at radius 1 is 1.08 bits per heavy atom. The van der Waals surface area contributed by atoms with Gasteiger partial charge in [-0.3, -0.25) is 9.59 Å². The topological polar surface area (TPSA) is 100 Å². The highest BCUT2D eigenvalue weighted by atomic mass is 19.3. The van der Waals surface area contributed by atoms with Gasteiger partial charge in [0.15, 0.2) is 6.23 Å². The van der Waals surface area contributed by atoms with Crippen LogP contribution in [0, 0.1) is 19.3 Å². The number of carbonyl (C=O) groups excluding carboxylic acids is 1. The molecule has 1 amide bonds. The zero-order valence-electron chi connectivity index (χ0n) is 22.1. The molecule has 1 aromatic carbocycles. The molecule has 2 bridgehead atoms. The van der Waals surface area contributed by atoms with Crippen molar-refractivity contribution in [2.75, 3.05) is 19.4 Å². The number of aromatic nitrogens is 3. The number of hydrogen-bond donors (Lipinski definition) is 2. The van der Waals surface area contributed by atoms with Gasteiger partial charge in [0.05, 0.1) is 10.9 Å². The van der Waals surface area contributed by atoms with E-state index in [-0.39, 0.29) is 22.4 Å². The van der Waals surface area contributed by atoms with Gasteiger partial charge in [0.1, 0.15) is 11.6 Å². The van der Waals surface area contributed by atoms with E-state index in [1.807, 2.05) is 0 Å². The Morgan fingerprint density at radius 3 is 2.32 bits per heavy atom. The van der Waals surface area contributed by atoms with Crippen molar-refractivity contribution in [2.45, 2.75) is 70.6 Å². The third-order valence-corrected chi connectivity index (χ3v) is 8.64. The molecule has 38 heavy (non-hydrogen) atoms. The first-order valence-electron chi connectivity index (χ1n) is 12.9. The molecule has 2 heterocycles. The number of benzene rings is 1. The average molecular weight is 526 g/mol. The van der Waals surface area contributed by atoms with Crippen LogP contribution in [0.2, 0.25) is 0 Å². The van der Waals surface area contributed by atoms with Gasteiger partial charge in [-0.1, -0.05) is 18.2 Å². The van der Waals surface area contributed by atoms with Gasteiger partial charge in [-0.2, -0.15) is 0 Å². The largest absolute Gasteiger partial charge is 0.369 e. The molecule has 3 aliphatic rings. The minimum absolute atomic E-state index is 0.140. The van der Waals surface area contributed by atoms with E-state index in [4.69, 9.17) is 0 Å². The van der Waals surface area contributed by atoms with Crippen molar-refractivity contribution in [3.05, 3.63) is 63.3 Å². The lowest BCUT2D eigenvalue weighted by Crippen LogP contribution is -2.55. The van der Waals surface area contributed by atoms with Crippen molar-refractivity contribution in [2.24, 2.45) is 5.41 Å². The van der Waals surface area contributed by atoms with Gasteiger partial charge in [0, 0.05) is 48.4 Å². The van der Waals surface area contributed by atoms with Gasteiger partial charge in [-0.15, -0.1) is 0 Å². The number of aryl methyl sites for hydroxylation is 1. The van der Waals surface area contributed by atoms with E-state index < -0.39 is 18.2 Å². The molecule has 0 unspecified atom stereocenters. The number of pyridine rings is 1. The van der Waals surface area contributed by atoms with Crippen LogP contribution < -0.4 is 10.9 Å². The Bertz CT molecular complexity index is 1440. The van der Waals surface area contributed by atoms with E-state index in [0.717, 1.165) is 38.5 Å². The van der Waals surface area contributed by atoms with Crippen LogP contribution in [0.4, 0.5) is 14.6 Å². The Kier molecular flexibility index (Phi) is 6.49. The quantitative estimate of drug-likeness (QED) is 0.457. The van der Waals surface area contributed by atoms with E-state index >= 15 is 0 Å². The molecule has 0 aliphatic heterocycles. The number of fused-ring (bicyclic) bond motifs is 4. The fourth-order valence-corrected chi connectivity index (χ4v) is 6.43. The van der Waals surface area contributed by atoms with Gasteiger partial charge >= 0.3 is 0 Å². The molecule has 202 valence electrons. The first-order valence-corrected chi connectivity index (χ1v) is 12.9. The number of hydrogen-bond acceptors (Lipinski definition) is 6. The molecular formula is C28H33F2N5O3. The number of halogens is 2. The Morgan fingerprint density at radius 2 is 1.71 bits per heavy atom. The number of anilines is 1. The third-order valence-electron chi connectivity index (χ3n) is 8.64. The second-order valence-electron chi connectivity index (χ2n) is 11.0. The van der Waals surface area contributed by atoms with E-state index in [9.17, 15) is 23.5 Å². The molecule has 10 heteroatoms. The summed E-state index contributed by atoms with van der Waals surface area (Å²) in [6, 6.07) is 5.91. The zero-order chi connectivity index (χ0) is 27.4. The van der Waals surface area contributed by atoms with Crippen molar-refractivity contribution in [3.8, 4) is 0 Å². The summed E-state index contributed by atoms with van der Waals surface area (Å²) >= 11 is 0. The van der Waals surface area contributed by atoms with Crippen molar-refractivity contribution < 1.29 is 18.7 Å². The van der Waals surface area contributed by atoms with Crippen molar-refractivity contribution in [3.63, 3.8) is 0 Å². The molecule has 2 aromatic heterocycles. The highest BCUT2D eigenvalue weighted by molar-refractivity contribution is 5.88. The maximum Gasteiger partial charge on any atom is 0.264 e. The van der Waals surface area contributed by atoms with Crippen LogP contribution in [0.25, 0.3) is 10.9 Å². The average Bonchev–Trinajstić information content (AvgIpc) is 2.88. The summed E-state index contributed by atoms with van der Waals surface area (Å²) in [4.78, 5) is 36.8. The lowest BCUT2D eigenvalue weighted by atomic mass is 9.56. The van der Waals surface area contributed by atoms with Gasteiger partial charge in [0.2, 0.25) is 5.91 Å². The first kappa shape index (κ1) is 26.2. The summed E-state index contributed by atoms with van der Waals surface area (Å²) in [5.41, 5.74) is -0.00852. The molecule has 0 spiro atoms. The van der Waals surface area contributed by atoms with E-state index in [2.05, 4.69) is 15.3 Å². The highest BCUT2D eigenvalue weighted by Gasteiger charge is 2.53. The Balaban J connectivity index is 1.52. The van der Waals surface area contributed by atoms with Crippen LogP contribution >= 0.6 is 0 Å². The Labute approximate surface area is 219 Å². The van der Waals surface area contributed by atoms with Crippen LogP contribution in [-0.2, 0) is 10.3 Å². The summed E-state index contributed by atoms with van der Waals surface area (Å²) in [5, 5.41) is 14.5. The van der Waals surface area contributed by atoms with Gasteiger partial charge in [-0.25, -0.2) is 18.7 Å². The molecule has 3 saturated carbocycles. The van der Waals surface area contributed by atoms with Crippen LogP contribution in [0.3, 0.4) is 0 Å². The molecule has 2 N–H and O–H groups in total. The summed E-state index contributed by atoms with van der Waals surface area (Å²) in [6.07, 6.45) is 2.12. The highest BCUT2D eigenvalue weighted by Crippen LogP contribution is 2.56. The number of nitrogens with one attached hydrogen (secondary N) is 1. The zero-order valence-corrected chi connectivity index (χ0v) is 22.1. The normalized spacial score (nSPS) is 23.6. The summed E-state index contributed by atoms with van der Waals surface area (Å²) in [7, 11) is 3.58. The first-order chi connectivity index (χ1) is 18.0. The summed E-state index contributed by atoms with van der Waals surface area (Å²) < 4.78 is 28.6. The maximum absolute atomic E-state index is 13.4. The van der Waals surface area contributed by atoms with E-state index in [1.165, 1.54) is 18.2 Å². The third kappa shape index (κ3) is 4.24. The van der Waals surface area contributed by atoms with Crippen molar-refractivity contribution in [1.82, 2.24) is 19.4 Å². The van der Waals surface area contributed by atoms with Crippen LogP contribution in [-0.4, -0.2) is 44.5 Å². The number of carbonyl (C=O) groups is 1. The number of amides is 1. The number of nitrogens with zero attached hydrogens (tertiary/aromatic N) is 4. The predicted octanol–water partition coefficient (Wildman–Crippen LogP) is 4.59. The minimum atomic E-state index is -2.66. The molecule has 3 fully saturated rings. The van der Waals surface area contributed by atoms with Crippen LogP contribution in [0.15, 0.2) is 35.3 Å². The molecule has 8 nitrogen and oxygen atoms in total. The molecule has 1 atom stereocenters. The van der Waals surface area contributed by atoms with Gasteiger partial charge in [-0.05, 0) is 57.9 Å². The second kappa shape index (κ2) is 9.41. The summed E-state index contributed by atoms with van der Waals surface area (Å²) in [6.45, 7) is 3.24. The number of aliphatic hydroxyl groups excluding tert-OH is 1. The fraction of sp³-hybridized carbons (Fsp3) is 0.500. The van der Waals surface area contributed by atoms with Crippen molar-refractivity contribution >= 4 is 22.6 Å². The van der Waals surface area contributed by atoms with Crippen LogP contribution in [0.5, 0.6) is 0 Å². The van der Waals surface area contributed by atoms with Gasteiger partial charge in [0.25, 0.3) is 12.0 Å². The maximum atomic E-state index is 13.4. The standard InChI is InChI=1S/C28H33F2N5O3/c1-16-18(23(29)30)6-5-7-19(16)25(37)33-24-20-15-35(22(36)14-21(20)31-17(2)32-24)28-11-8-27(9-12-28,10-13-28)26(38)34(3)4/h5-7,14-15,23,25,37H,8-13H2,1-4H3,(H,31,32,33)/t25-,27?,28?/m1/s1. The molecule has 3 aromatic rings. The molecule has 6 rings (SSSR count). The fourth-order valence-electron chi connectivity index (χ4n) is 6.43. The van der Waals surface area contributed by atoms with Gasteiger partial charge < -0.3 is 19.9 Å². The molecule has 0 radical (unpaired) electrons. The number of aliphatic hydroxyl groups is 1. The number of rotatable bonds is 6. The van der Waals surface area contributed by atoms with Crippen molar-refractivity contribution in [1.29, 1.82) is 0 Å². The number of alkyl halides is 2.